The van der Waals surface area contributed by atoms with Crippen LogP contribution >= 0.6 is 11.3 Å². The fourth-order valence-corrected chi connectivity index (χ4v) is 5.85. The molecule has 3 atom stereocenters. The fraction of sp³-hybridized carbons (Fsp3) is 0.440. The molecule has 1 saturated heterocycles. The molecule has 3 aromatic rings. The molecule has 1 aliphatic carbocycles. The van der Waals surface area contributed by atoms with Gasteiger partial charge in [-0.3, -0.25) is 14.3 Å². The van der Waals surface area contributed by atoms with Crippen LogP contribution in [0.4, 0.5) is 0 Å². The Bertz CT molecular complexity index is 1230. The van der Waals surface area contributed by atoms with E-state index in [-0.39, 0.29) is 23.9 Å². The Hall–Kier alpha value is -3.00. The predicted molar refractivity (Wildman–Crippen MR) is 128 cm³/mol. The number of aromatic nitrogens is 3. The van der Waals surface area contributed by atoms with Crippen molar-refractivity contribution in [3.05, 3.63) is 58.0 Å². The number of amides is 2. The Morgan fingerprint density at radius 1 is 1.21 bits per heavy atom. The summed E-state index contributed by atoms with van der Waals surface area (Å²) >= 11 is 1.56. The van der Waals surface area contributed by atoms with Gasteiger partial charge in [-0.05, 0) is 52.0 Å². The van der Waals surface area contributed by atoms with Crippen molar-refractivity contribution in [1.82, 2.24) is 25.0 Å². The van der Waals surface area contributed by atoms with Gasteiger partial charge in [0.2, 0.25) is 0 Å². The SMILES string of the molecule is CCn1cc(C(=O)NC[C@@H]2C[C@@H]3C[C@@H]3N2C(=O)c2nc(C)sc2-c2cccc(C)c2)c(C)n1. The third-order valence-electron chi connectivity index (χ3n) is 6.68. The largest absolute Gasteiger partial charge is 0.350 e. The molecule has 172 valence electrons. The highest BCUT2D eigenvalue weighted by Gasteiger charge is 2.54. The standard InChI is InChI=1S/C25H29N5O2S/c1-5-29-13-20(15(3)28-29)24(31)26-12-19-10-18-11-21(18)30(19)25(32)22-23(33-16(4)27-22)17-8-6-7-14(2)9-17/h6-9,13,18-19,21H,5,10-12H2,1-4H3,(H,26,31)/t18-,19+,21+/m1/s1. The lowest BCUT2D eigenvalue weighted by molar-refractivity contribution is 0.0684. The van der Waals surface area contributed by atoms with Crippen molar-refractivity contribution in [2.45, 2.75) is 59.2 Å². The summed E-state index contributed by atoms with van der Waals surface area (Å²) in [7, 11) is 0. The first kappa shape index (κ1) is 21.8. The van der Waals surface area contributed by atoms with Crippen molar-refractivity contribution in [1.29, 1.82) is 0 Å². The molecule has 8 heteroatoms. The highest BCUT2D eigenvalue weighted by atomic mass is 32.1. The molecule has 1 aliphatic heterocycles. The van der Waals surface area contributed by atoms with E-state index in [1.165, 1.54) is 0 Å². The number of thiazole rings is 1. The number of hydrogen-bond acceptors (Lipinski definition) is 5. The summed E-state index contributed by atoms with van der Waals surface area (Å²) in [6.45, 7) is 9.00. The molecule has 7 nitrogen and oxygen atoms in total. The lowest BCUT2D eigenvalue weighted by Crippen LogP contribution is -2.45. The quantitative estimate of drug-likeness (QED) is 0.600. The van der Waals surface area contributed by atoms with Gasteiger partial charge in [-0.15, -0.1) is 11.3 Å². The summed E-state index contributed by atoms with van der Waals surface area (Å²) in [5.74, 6) is 0.378. The van der Waals surface area contributed by atoms with E-state index >= 15 is 0 Å². The predicted octanol–water partition coefficient (Wildman–Crippen LogP) is 3.98. The topological polar surface area (TPSA) is 80.1 Å². The number of likely N-dealkylation sites (tertiary alicyclic amines) is 1. The van der Waals surface area contributed by atoms with Crippen LogP contribution in [0, 0.1) is 26.7 Å². The first-order valence-electron chi connectivity index (χ1n) is 11.5. The number of benzene rings is 1. The van der Waals surface area contributed by atoms with Crippen LogP contribution in [0.1, 0.15) is 56.9 Å². The molecule has 2 fully saturated rings. The van der Waals surface area contributed by atoms with Gasteiger partial charge in [0.15, 0.2) is 0 Å². The monoisotopic (exact) mass is 463 g/mol. The second-order valence-corrected chi connectivity index (χ2v) is 10.3. The van der Waals surface area contributed by atoms with E-state index in [1.807, 2.05) is 37.8 Å². The average molecular weight is 464 g/mol. The zero-order valence-electron chi connectivity index (χ0n) is 19.5. The number of aryl methyl sites for hydroxylation is 4. The maximum absolute atomic E-state index is 13.7. The normalized spacial score (nSPS) is 21.2. The van der Waals surface area contributed by atoms with Crippen LogP contribution in [0.3, 0.4) is 0 Å². The lowest BCUT2D eigenvalue weighted by Gasteiger charge is -2.27. The number of carbonyl (C=O) groups is 2. The van der Waals surface area contributed by atoms with E-state index in [0.717, 1.165) is 46.1 Å². The molecule has 2 aromatic heterocycles. The Morgan fingerprint density at radius 3 is 2.76 bits per heavy atom. The smallest absolute Gasteiger partial charge is 0.274 e. The van der Waals surface area contributed by atoms with Crippen LogP contribution in [0.5, 0.6) is 0 Å². The number of hydrogen-bond donors (Lipinski definition) is 1. The Balaban J connectivity index is 1.35. The summed E-state index contributed by atoms with van der Waals surface area (Å²) in [6.07, 6.45) is 3.75. The molecule has 0 unspecified atom stereocenters. The molecule has 33 heavy (non-hydrogen) atoms. The van der Waals surface area contributed by atoms with Gasteiger partial charge in [0.05, 0.1) is 27.2 Å². The number of nitrogens with zero attached hydrogens (tertiary/aromatic N) is 4. The molecule has 1 saturated carbocycles. The van der Waals surface area contributed by atoms with Crippen molar-refractivity contribution in [3.8, 4) is 10.4 Å². The number of rotatable bonds is 6. The number of carbonyl (C=O) groups excluding carboxylic acids is 2. The van der Waals surface area contributed by atoms with Crippen molar-refractivity contribution in [3.63, 3.8) is 0 Å². The number of fused-ring (bicyclic) bond motifs is 1. The minimum atomic E-state index is -0.134. The number of nitrogens with one attached hydrogen (secondary N) is 1. The Kier molecular flexibility index (Phi) is 5.56. The van der Waals surface area contributed by atoms with Gasteiger partial charge in [-0.25, -0.2) is 4.98 Å². The minimum absolute atomic E-state index is 0.0147. The van der Waals surface area contributed by atoms with Crippen LogP contribution in [0.15, 0.2) is 30.5 Å². The lowest BCUT2D eigenvalue weighted by atomic mass is 10.1. The second kappa shape index (κ2) is 8.41. The van der Waals surface area contributed by atoms with Crippen LogP contribution in [-0.4, -0.2) is 50.1 Å². The van der Waals surface area contributed by atoms with Crippen LogP contribution < -0.4 is 5.32 Å². The zero-order chi connectivity index (χ0) is 23.3. The fourth-order valence-electron chi connectivity index (χ4n) is 4.94. The molecule has 5 rings (SSSR count). The van der Waals surface area contributed by atoms with E-state index in [1.54, 1.807) is 22.2 Å². The van der Waals surface area contributed by atoms with Crippen molar-refractivity contribution >= 4 is 23.2 Å². The van der Waals surface area contributed by atoms with Crippen LogP contribution in [0.25, 0.3) is 10.4 Å². The van der Waals surface area contributed by atoms with E-state index in [9.17, 15) is 9.59 Å². The average Bonchev–Trinajstić information content (AvgIpc) is 3.11. The highest BCUT2D eigenvalue weighted by molar-refractivity contribution is 7.15. The van der Waals surface area contributed by atoms with Crippen molar-refractivity contribution in [2.24, 2.45) is 5.92 Å². The summed E-state index contributed by atoms with van der Waals surface area (Å²) in [5.41, 5.74) is 4.03. The molecular formula is C25H29N5O2S. The maximum atomic E-state index is 13.7. The van der Waals surface area contributed by atoms with Gasteiger partial charge in [0.25, 0.3) is 11.8 Å². The highest BCUT2D eigenvalue weighted by Crippen LogP contribution is 2.48. The molecular weight excluding hydrogens is 434 g/mol. The van der Waals surface area contributed by atoms with Crippen LogP contribution in [-0.2, 0) is 6.54 Å². The van der Waals surface area contributed by atoms with E-state index < -0.39 is 0 Å². The Labute approximate surface area is 197 Å². The molecule has 2 aliphatic rings. The molecule has 3 heterocycles. The maximum Gasteiger partial charge on any atom is 0.274 e. The van der Waals surface area contributed by atoms with Crippen molar-refractivity contribution in [2.75, 3.05) is 6.54 Å². The summed E-state index contributed by atoms with van der Waals surface area (Å²) in [4.78, 5) is 34.1. The van der Waals surface area contributed by atoms with Gasteiger partial charge >= 0.3 is 0 Å². The van der Waals surface area contributed by atoms with Gasteiger partial charge in [-0.2, -0.15) is 5.10 Å². The second-order valence-electron chi connectivity index (χ2n) is 9.14. The minimum Gasteiger partial charge on any atom is -0.350 e. The number of piperidine rings is 1. The van der Waals surface area contributed by atoms with Gasteiger partial charge in [0.1, 0.15) is 5.69 Å². The van der Waals surface area contributed by atoms with Crippen LogP contribution in [0.2, 0.25) is 0 Å². The molecule has 2 amide bonds. The third kappa shape index (κ3) is 4.08. The zero-order valence-corrected chi connectivity index (χ0v) is 20.3. The molecule has 0 bridgehead atoms. The van der Waals surface area contributed by atoms with Crippen molar-refractivity contribution < 1.29 is 9.59 Å². The van der Waals surface area contributed by atoms with E-state index in [4.69, 9.17) is 0 Å². The molecule has 1 aromatic carbocycles. The first-order valence-corrected chi connectivity index (χ1v) is 12.4. The van der Waals surface area contributed by atoms with Gasteiger partial charge < -0.3 is 10.2 Å². The summed E-state index contributed by atoms with van der Waals surface area (Å²) in [6, 6.07) is 8.46. The third-order valence-corrected chi connectivity index (χ3v) is 7.70. The molecule has 1 N–H and O–H groups in total. The molecule has 0 radical (unpaired) electrons. The Morgan fingerprint density at radius 2 is 2.03 bits per heavy atom. The summed E-state index contributed by atoms with van der Waals surface area (Å²) < 4.78 is 1.77. The van der Waals surface area contributed by atoms with Gasteiger partial charge in [-0.1, -0.05) is 29.8 Å². The van der Waals surface area contributed by atoms with Gasteiger partial charge in [0, 0.05) is 25.3 Å². The summed E-state index contributed by atoms with van der Waals surface area (Å²) in [5, 5.41) is 8.30. The molecule has 0 spiro atoms. The van der Waals surface area contributed by atoms with E-state index in [2.05, 4.69) is 34.5 Å². The van der Waals surface area contributed by atoms with E-state index in [0.29, 0.717) is 23.7 Å². The first-order chi connectivity index (χ1) is 15.9.